The summed E-state index contributed by atoms with van der Waals surface area (Å²) in [5.74, 6) is -0.234. The lowest BCUT2D eigenvalue weighted by Crippen LogP contribution is -2.28. The summed E-state index contributed by atoms with van der Waals surface area (Å²) in [7, 11) is 0. The van der Waals surface area contributed by atoms with Crippen LogP contribution in [-0.4, -0.2) is 27.0 Å². The first-order chi connectivity index (χ1) is 9.32. The van der Waals surface area contributed by atoms with Crippen LogP contribution in [0.2, 0.25) is 0 Å². The molecule has 1 saturated heterocycles. The van der Waals surface area contributed by atoms with E-state index in [2.05, 4.69) is 32.9 Å². The molecular weight excluding hydrogens is 290 g/mol. The predicted molar refractivity (Wildman–Crippen MR) is 87.2 cm³/mol. The first-order valence-electron chi connectivity index (χ1n) is 6.29. The first-order valence-corrected chi connectivity index (χ1v) is 7.52. The molecule has 0 aliphatic carbocycles. The molecule has 0 saturated carbocycles. The van der Waals surface area contributed by atoms with Crippen LogP contribution in [0.3, 0.4) is 0 Å². The van der Waals surface area contributed by atoms with Gasteiger partial charge in [0, 0.05) is 0 Å². The highest BCUT2D eigenvalue weighted by molar-refractivity contribution is 8.26. The largest absolute Gasteiger partial charge is 0.376 e. The van der Waals surface area contributed by atoms with Gasteiger partial charge in [-0.3, -0.25) is 9.69 Å². The van der Waals surface area contributed by atoms with Crippen LogP contribution < -0.4 is 0 Å². The summed E-state index contributed by atoms with van der Waals surface area (Å²) in [5.41, 5.74) is 2.31. The van der Waals surface area contributed by atoms with Gasteiger partial charge in [0.05, 0.1) is 4.91 Å². The summed E-state index contributed by atoms with van der Waals surface area (Å²) in [4.78, 5) is 13.7. The lowest BCUT2D eigenvalue weighted by atomic mass is 9.87. The van der Waals surface area contributed by atoms with Gasteiger partial charge in [0.1, 0.15) is 11.1 Å². The van der Waals surface area contributed by atoms with Crippen LogP contribution in [0, 0.1) is 0 Å². The molecule has 1 aromatic carbocycles. The zero-order chi connectivity index (χ0) is 14.9. The van der Waals surface area contributed by atoms with Crippen molar-refractivity contribution in [1.29, 1.82) is 0 Å². The van der Waals surface area contributed by atoms with Gasteiger partial charge in [-0.05, 0) is 22.6 Å². The van der Waals surface area contributed by atoms with Crippen LogP contribution in [0.4, 0.5) is 0 Å². The van der Waals surface area contributed by atoms with Crippen LogP contribution in [0.15, 0.2) is 29.2 Å². The summed E-state index contributed by atoms with van der Waals surface area (Å²) in [6.45, 7) is 6.11. The Labute approximate surface area is 128 Å². The van der Waals surface area contributed by atoms with Gasteiger partial charge in [-0.15, -0.1) is 0 Å². The highest BCUT2D eigenvalue weighted by atomic mass is 32.2. The highest BCUT2D eigenvalue weighted by Crippen LogP contribution is 2.32. The zero-order valence-corrected chi connectivity index (χ0v) is 13.3. The number of thiocarbonyl (C=S) groups is 1. The van der Waals surface area contributed by atoms with Gasteiger partial charge in [0.2, 0.25) is 0 Å². The van der Waals surface area contributed by atoms with Crippen molar-refractivity contribution >= 4 is 40.3 Å². The number of carbonyl (C=O) groups excluding carboxylic acids is 1. The Kier molecular flexibility index (Phi) is 4.32. The molecule has 106 valence electrons. The number of thioether (sulfide) groups is 1. The van der Waals surface area contributed by atoms with Crippen molar-refractivity contribution in [3.05, 3.63) is 40.3 Å². The third-order valence-corrected chi connectivity index (χ3v) is 4.47. The fourth-order valence-electron chi connectivity index (χ4n) is 1.85. The number of hydrogen-bond acceptors (Lipinski definition) is 4. The summed E-state index contributed by atoms with van der Waals surface area (Å²) in [6.07, 6.45) is 1.81. The topological polar surface area (TPSA) is 40.5 Å². The van der Waals surface area contributed by atoms with Gasteiger partial charge < -0.3 is 5.11 Å². The van der Waals surface area contributed by atoms with Gasteiger partial charge in [-0.2, -0.15) is 0 Å². The van der Waals surface area contributed by atoms with E-state index in [4.69, 9.17) is 17.3 Å². The van der Waals surface area contributed by atoms with Gasteiger partial charge in [-0.25, -0.2) is 0 Å². The van der Waals surface area contributed by atoms with Gasteiger partial charge in [-0.1, -0.05) is 69.0 Å². The van der Waals surface area contributed by atoms with Crippen molar-refractivity contribution in [2.24, 2.45) is 0 Å². The first kappa shape index (κ1) is 15.2. The SMILES string of the molecule is CC(C)(C)c1ccc(/C=C2\SC(=S)N(CO)C2=O)cc1. The molecule has 0 bridgehead atoms. The number of aliphatic hydroxyl groups is 1. The zero-order valence-electron chi connectivity index (χ0n) is 11.7. The van der Waals surface area contributed by atoms with Crippen LogP contribution in [0.1, 0.15) is 31.9 Å². The molecule has 5 heteroatoms. The Morgan fingerprint density at radius 3 is 2.35 bits per heavy atom. The van der Waals surface area contributed by atoms with E-state index in [0.29, 0.717) is 9.23 Å². The lowest BCUT2D eigenvalue weighted by Gasteiger charge is -2.18. The van der Waals surface area contributed by atoms with Crippen molar-refractivity contribution < 1.29 is 9.90 Å². The summed E-state index contributed by atoms with van der Waals surface area (Å²) >= 11 is 6.27. The third-order valence-electron chi connectivity index (χ3n) is 3.09. The van der Waals surface area contributed by atoms with E-state index in [-0.39, 0.29) is 18.1 Å². The van der Waals surface area contributed by atoms with E-state index in [1.807, 2.05) is 12.1 Å². The fraction of sp³-hybridized carbons (Fsp3) is 0.333. The minimum atomic E-state index is -0.370. The Bertz CT molecular complexity index is 571. The molecule has 1 amide bonds. The van der Waals surface area contributed by atoms with Crippen LogP contribution in [0.5, 0.6) is 0 Å². The Hall–Kier alpha value is -1.17. The van der Waals surface area contributed by atoms with Gasteiger partial charge >= 0.3 is 0 Å². The molecule has 0 aromatic heterocycles. The van der Waals surface area contributed by atoms with Crippen molar-refractivity contribution in [1.82, 2.24) is 4.90 Å². The quantitative estimate of drug-likeness (QED) is 0.673. The molecule has 1 N–H and O–H groups in total. The molecule has 1 heterocycles. The number of carbonyl (C=O) groups is 1. The Balaban J connectivity index is 2.24. The molecule has 1 aromatic rings. The molecule has 1 aliphatic rings. The number of nitrogens with zero attached hydrogens (tertiary/aromatic N) is 1. The van der Waals surface area contributed by atoms with Gasteiger partial charge in [0.25, 0.3) is 5.91 Å². The second kappa shape index (κ2) is 5.68. The minimum absolute atomic E-state index is 0.110. The molecule has 0 unspecified atom stereocenters. The monoisotopic (exact) mass is 307 g/mol. The summed E-state index contributed by atoms with van der Waals surface area (Å²) in [5, 5.41) is 9.09. The van der Waals surface area contributed by atoms with E-state index >= 15 is 0 Å². The number of benzene rings is 1. The van der Waals surface area contributed by atoms with E-state index in [1.54, 1.807) is 6.08 Å². The number of amides is 1. The Morgan fingerprint density at radius 2 is 1.90 bits per heavy atom. The molecule has 20 heavy (non-hydrogen) atoms. The predicted octanol–water partition coefficient (Wildman–Crippen LogP) is 3.14. The molecule has 0 radical (unpaired) electrons. The second-order valence-electron chi connectivity index (χ2n) is 5.62. The van der Waals surface area contributed by atoms with Crippen LogP contribution >= 0.6 is 24.0 Å². The van der Waals surface area contributed by atoms with E-state index in [9.17, 15) is 4.79 Å². The molecule has 1 fully saturated rings. The smallest absolute Gasteiger partial charge is 0.268 e. The summed E-state index contributed by atoms with van der Waals surface area (Å²) in [6, 6.07) is 8.12. The van der Waals surface area contributed by atoms with Crippen molar-refractivity contribution in [2.45, 2.75) is 26.2 Å². The van der Waals surface area contributed by atoms with E-state index in [0.717, 1.165) is 5.56 Å². The maximum absolute atomic E-state index is 12.0. The number of hydrogen-bond donors (Lipinski definition) is 1. The fourth-order valence-corrected chi connectivity index (χ4v) is 3.09. The maximum Gasteiger partial charge on any atom is 0.268 e. The second-order valence-corrected chi connectivity index (χ2v) is 7.30. The highest BCUT2D eigenvalue weighted by Gasteiger charge is 2.31. The average molecular weight is 307 g/mol. The normalized spacial score (nSPS) is 18.2. The molecule has 0 spiro atoms. The third kappa shape index (κ3) is 3.11. The molecule has 0 atom stereocenters. The number of aliphatic hydroxyl groups excluding tert-OH is 1. The minimum Gasteiger partial charge on any atom is -0.376 e. The summed E-state index contributed by atoms with van der Waals surface area (Å²) < 4.78 is 0.398. The maximum atomic E-state index is 12.0. The molecular formula is C15H17NO2S2. The van der Waals surface area contributed by atoms with Crippen LogP contribution in [-0.2, 0) is 10.2 Å². The van der Waals surface area contributed by atoms with Crippen molar-refractivity contribution in [3.63, 3.8) is 0 Å². The average Bonchev–Trinajstić information content (AvgIpc) is 2.63. The lowest BCUT2D eigenvalue weighted by molar-refractivity contribution is -0.124. The van der Waals surface area contributed by atoms with Crippen LogP contribution in [0.25, 0.3) is 6.08 Å². The molecule has 1 aliphatic heterocycles. The number of rotatable bonds is 2. The van der Waals surface area contributed by atoms with E-state index < -0.39 is 0 Å². The Morgan fingerprint density at radius 1 is 1.30 bits per heavy atom. The van der Waals surface area contributed by atoms with E-state index in [1.165, 1.54) is 22.2 Å². The molecule has 2 rings (SSSR count). The van der Waals surface area contributed by atoms with Gasteiger partial charge in [0.15, 0.2) is 0 Å². The van der Waals surface area contributed by atoms with Crippen molar-refractivity contribution in [3.8, 4) is 0 Å². The molecule has 3 nitrogen and oxygen atoms in total. The standard InChI is InChI=1S/C15H17NO2S2/c1-15(2,3)11-6-4-10(5-7-11)8-12-13(18)16(9-17)14(19)20-12/h4-8,17H,9H2,1-3H3/b12-8-. The van der Waals surface area contributed by atoms with Crippen molar-refractivity contribution in [2.75, 3.05) is 6.73 Å².